The third-order valence-corrected chi connectivity index (χ3v) is 14.5. The largest absolute Gasteiger partial charge is 0.508 e. The Morgan fingerprint density at radius 3 is 1.96 bits per heavy atom. The Hall–Kier alpha value is -7.67. The number of nitrogens with one attached hydrogen (secondary N) is 6. The minimum Gasteiger partial charge on any atom is -0.508 e. The summed E-state index contributed by atoms with van der Waals surface area (Å²) in [6, 6.07) is 5.58. The first-order chi connectivity index (χ1) is 39.1. The summed E-state index contributed by atoms with van der Waals surface area (Å²) < 4.78 is 0. The van der Waals surface area contributed by atoms with Crippen LogP contribution in [0.2, 0.25) is 0 Å². The first kappa shape index (κ1) is 66.8. The summed E-state index contributed by atoms with van der Waals surface area (Å²) in [7, 11) is 1.43. The number of carbonyl (C=O) groups is 10. The number of nitrogens with two attached hydrogens (primary N) is 4. The molecule has 0 bridgehead atoms. The van der Waals surface area contributed by atoms with Crippen LogP contribution in [0.4, 0.5) is 0 Å². The average Bonchev–Trinajstić information content (AvgIpc) is 3.83. The molecule has 452 valence electrons. The fourth-order valence-electron chi connectivity index (χ4n) is 10.2. The van der Waals surface area contributed by atoms with Crippen molar-refractivity contribution < 1.29 is 53.1 Å². The number of likely N-dealkylation sites (N-methyl/N-ethyl adjacent to an activating group) is 1. The van der Waals surface area contributed by atoms with Crippen LogP contribution in [0.1, 0.15) is 122 Å². The van der Waals surface area contributed by atoms with Crippen LogP contribution in [0.3, 0.4) is 0 Å². The van der Waals surface area contributed by atoms with Crippen LogP contribution in [0, 0.1) is 5.92 Å². The highest BCUT2D eigenvalue weighted by molar-refractivity contribution is 6.03. The van der Waals surface area contributed by atoms with Gasteiger partial charge >= 0.3 is 0 Å². The molecular weight excluding hydrogens is 1060 g/mol. The fourth-order valence-corrected chi connectivity index (χ4v) is 10.2. The zero-order valence-electron chi connectivity index (χ0n) is 48.2. The van der Waals surface area contributed by atoms with Gasteiger partial charge in [-0.05, 0) is 106 Å². The van der Waals surface area contributed by atoms with E-state index in [1.54, 1.807) is 42.5 Å². The molecule has 0 saturated carbocycles. The molecule has 0 radical (unpaired) electrons. The van der Waals surface area contributed by atoms with E-state index < -0.39 is 114 Å². The lowest BCUT2D eigenvalue weighted by atomic mass is 9.97. The Labute approximate surface area is 480 Å². The van der Waals surface area contributed by atoms with Crippen molar-refractivity contribution in [3.8, 4) is 5.75 Å². The van der Waals surface area contributed by atoms with Gasteiger partial charge in [0.05, 0.1) is 12.6 Å². The van der Waals surface area contributed by atoms with Crippen molar-refractivity contribution in [3.05, 3.63) is 65.7 Å². The molecule has 2 aromatic rings. The second-order valence-corrected chi connectivity index (χ2v) is 21.5. The highest BCUT2D eigenvalue weighted by Gasteiger charge is 2.42. The summed E-state index contributed by atoms with van der Waals surface area (Å²) in [5.41, 5.74) is 23.2. The number of imide groups is 1. The van der Waals surface area contributed by atoms with Gasteiger partial charge in [-0.3, -0.25) is 57.8 Å². The van der Waals surface area contributed by atoms with E-state index in [1.807, 2.05) is 20.8 Å². The summed E-state index contributed by atoms with van der Waals surface area (Å²) in [5, 5.41) is 26.9. The van der Waals surface area contributed by atoms with Gasteiger partial charge in [0, 0.05) is 39.9 Å². The van der Waals surface area contributed by atoms with Crippen LogP contribution >= 0.6 is 0 Å². The highest BCUT2D eigenvalue weighted by atomic mass is 16.3. The normalized spacial score (nSPS) is 17.1. The number of likely N-dealkylation sites (tertiary alicyclic amines) is 1. The standard InChI is InChI=1S/C57H88N14O11/c1-6-7-18-41(50(76)67-43(20-13-27-58)55(81)70-30-15-22-45(70)51(77)65-40(21-14-29-63-57(60)61)49(75)64-34-48(59)74)66-52(78)46(31-35(2)3)69(5)54(80)44(32-37-16-9-8-10-17-37)68-53(79)47(33-38-23-25-39(73)26-24-38)71(36(4)72)56(82)42-19-11-12-28-62-42/h8-10,16-17,23-26,35,40-47,62,73H,6-7,11-15,18-22,27-34,58H2,1-5H3,(H2,59,74)(H,64,75)(H,65,77)(H,66,78)(H,67,76)(H,68,79)(H4,60,61,63)/t40-,41-,42-,43-,44-,45-,46-,47-/m0/s1. The molecule has 0 unspecified atom stereocenters. The van der Waals surface area contributed by atoms with Crippen molar-refractivity contribution in [2.24, 2.45) is 33.8 Å². The number of primary amides is 1. The molecule has 10 amide bonds. The third kappa shape index (κ3) is 21.0. The molecule has 0 aliphatic carbocycles. The number of nitrogens with zero attached hydrogens (tertiary/aromatic N) is 4. The van der Waals surface area contributed by atoms with E-state index in [4.69, 9.17) is 22.9 Å². The minimum absolute atomic E-state index is 0.0313. The summed E-state index contributed by atoms with van der Waals surface area (Å²) >= 11 is 0. The number of aliphatic imine (C=N–C) groups is 1. The van der Waals surface area contributed by atoms with Gasteiger partial charge in [-0.1, -0.05) is 82.5 Å². The van der Waals surface area contributed by atoms with E-state index in [1.165, 1.54) is 35.9 Å². The van der Waals surface area contributed by atoms with Gasteiger partial charge in [0.25, 0.3) is 0 Å². The first-order valence-electron chi connectivity index (χ1n) is 28.6. The summed E-state index contributed by atoms with van der Waals surface area (Å²) in [6.45, 7) is 7.35. The Kier molecular flexibility index (Phi) is 27.7. The lowest BCUT2D eigenvalue weighted by molar-refractivity contribution is -0.153. The average molecular weight is 1150 g/mol. The minimum atomic E-state index is -1.43. The number of benzene rings is 2. The number of amides is 10. The van der Waals surface area contributed by atoms with E-state index in [0.29, 0.717) is 49.8 Å². The number of aromatic hydroxyl groups is 1. The number of hydrogen-bond donors (Lipinski definition) is 11. The van der Waals surface area contributed by atoms with Crippen LogP contribution in [-0.2, 0) is 60.8 Å². The quantitative estimate of drug-likeness (QED) is 0.0249. The van der Waals surface area contributed by atoms with Crippen LogP contribution < -0.4 is 54.8 Å². The van der Waals surface area contributed by atoms with Crippen LogP contribution in [0.15, 0.2) is 59.6 Å². The lowest BCUT2D eigenvalue weighted by Gasteiger charge is -2.35. The molecule has 2 heterocycles. The first-order valence-corrected chi connectivity index (χ1v) is 28.6. The van der Waals surface area contributed by atoms with Crippen LogP contribution in [-0.4, -0.2) is 173 Å². The zero-order chi connectivity index (χ0) is 60.5. The van der Waals surface area contributed by atoms with Gasteiger partial charge in [0.1, 0.15) is 48.0 Å². The van der Waals surface area contributed by atoms with Gasteiger partial charge in [0.2, 0.25) is 59.1 Å². The number of rotatable bonds is 32. The number of carbonyl (C=O) groups excluding carboxylic acids is 10. The predicted octanol–water partition coefficient (Wildman–Crippen LogP) is -0.549. The predicted molar refractivity (Wildman–Crippen MR) is 307 cm³/mol. The van der Waals surface area contributed by atoms with Crippen molar-refractivity contribution in [2.45, 2.75) is 172 Å². The number of phenolic OH excluding ortho intramolecular Hbond substituents is 1. The zero-order valence-corrected chi connectivity index (χ0v) is 48.2. The lowest BCUT2D eigenvalue weighted by Crippen LogP contribution is -2.62. The molecule has 2 aliphatic rings. The van der Waals surface area contributed by atoms with Gasteiger partial charge in [0.15, 0.2) is 5.96 Å². The maximum atomic E-state index is 15.1. The van der Waals surface area contributed by atoms with Crippen molar-refractivity contribution in [3.63, 3.8) is 0 Å². The van der Waals surface area contributed by atoms with Gasteiger partial charge < -0.3 is 69.7 Å². The highest BCUT2D eigenvalue weighted by Crippen LogP contribution is 2.23. The molecule has 25 heteroatoms. The Balaban J connectivity index is 1.62. The number of unbranched alkanes of at least 4 members (excludes halogenated alkanes) is 1. The maximum absolute atomic E-state index is 15.1. The molecule has 4 rings (SSSR count). The van der Waals surface area contributed by atoms with Gasteiger partial charge in [-0.2, -0.15) is 0 Å². The number of guanidine groups is 1. The Morgan fingerprint density at radius 1 is 0.732 bits per heavy atom. The van der Waals surface area contributed by atoms with E-state index in [-0.39, 0.29) is 88.6 Å². The molecule has 2 fully saturated rings. The smallest absolute Gasteiger partial charge is 0.247 e. The molecule has 8 atom stereocenters. The molecule has 82 heavy (non-hydrogen) atoms. The van der Waals surface area contributed by atoms with Crippen molar-refractivity contribution in [2.75, 3.05) is 39.8 Å². The molecule has 0 aromatic heterocycles. The fraction of sp³-hybridized carbons (Fsp3) is 0.596. The summed E-state index contributed by atoms with van der Waals surface area (Å²) in [6.07, 6.45) is 4.57. The second kappa shape index (κ2) is 33.9. The second-order valence-electron chi connectivity index (χ2n) is 21.5. The molecule has 2 aliphatic heterocycles. The number of phenols is 1. The van der Waals surface area contributed by atoms with E-state index >= 15 is 4.79 Å². The number of piperidine rings is 1. The van der Waals surface area contributed by atoms with E-state index in [2.05, 4.69) is 36.9 Å². The third-order valence-electron chi connectivity index (χ3n) is 14.5. The van der Waals surface area contributed by atoms with Crippen molar-refractivity contribution in [1.82, 2.24) is 46.6 Å². The Morgan fingerprint density at radius 2 is 1.35 bits per heavy atom. The van der Waals surface area contributed by atoms with Crippen LogP contribution in [0.25, 0.3) is 0 Å². The van der Waals surface area contributed by atoms with Gasteiger partial charge in [-0.15, -0.1) is 0 Å². The maximum Gasteiger partial charge on any atom is 0.247 e. The van der Waals surface area contributed by atoms with Gasteiger partial charge in [-0.25, -0.2) is 0 Å². The molecular formula is C57H88N14O11. The van der Waals surface area contributed by atoms with Crippen molar-refractivity contribution in [1.29, 1.82) is 0 Å². The summed E-state index contributed by atoms with van der Waals surface area (Å²) in [5.74, 6) is -7.20. The SMILES string of the molecule is CCCC[C@H](NC(=O)[C@H](CC(C)C)N(C)C(=O)[C@H](Cc1ccccc1)NC(=O)[C@H](Cc1ccc(O)cc1)N(C(C)=O)C(=O)[C@@H]1CCCCN1)C(=O)N[C@@H](CCCN)C(=O)N1CCC[C@H]1C(=O)N[C@@H](CCCN=C(N)N)C(=O)NCC(N)=O. The van der Waals surface area contributed by atoms with E-state index in [0.717, 1.165) is 17.7 Å². The van der Waals surface area contributed by atoms with Crippen LogP contribution in [0.5, 0.6) is 5.75 Å². The van der Waals surface area contributed by atoms with E-state index in [9.17, 15) is 48.3 Å². The summed E-state index contributed by atoms with van der Waals surface area (Å²) in [4.78, 5) is 147. The molecule has 2 aromatic carbocycles. The Bertz CT molecular complexity index is 2510. The molecule has 2 saturated heterocycles. The molecule has 0 spiro atoms. The molecule has 15 N–H and O–H groups in total. The monoisotopic (exact) mass is 1140 g/mol. The topological polar surface area (TPSA) is 389 Å². The van der Waals surface area contributed by atoms with Crippen molar-refractivity contribution >= 4 is 65.0 Å². The molecule has 25 nitrogen and oxygen atoms in total. The number of hydrogen-bond acceptors (Lipinski definition) is 14.